The molecule has 0 radical (unpaired) electrons. The van der Waals surface area contributed by atoms with Crippen LogP contribution in [0.1, 0.15) is 190 Å². The van der Waals surface area contributed by atoms with Crippen LogP contribution in [-0.2, 0) is 0 Å². The van der Waals surface area contributed by atoms with E-state index < -0.39 is 0 Å². The van der Waals surface area contributed by atoms with E-state index in [1.807, 2.05) is 0 Å². The van der Waals surface area contributed by atoms with Crippen molar-refractivity contribution in [1.29, 1.82) is 0 Å². The molecule has 3 nitrogen and oxygen atoms in total. The molecule has 0 aliphatic heterocycles. The van der Waals surface area contributed by atoms with E-state index in [9.17, 15) is 0 Å². The van der Waals surface area contributed by atoms with Crippen molar-refractivity contribution in [2.24, 2.45) is 10.3 Å². The van der Waals surface area contributed by atoms with Crippen LogP contribution in [0.5, 0.6) is 0 Å². The summed E-state index contributed by atoms with van der Waals surface area (Å²) in [6, 6.07) is 18.2. The van der Waals surface area contributed by atoms with Gasteiger partial charge < -0.3 is 0 Å². The minimum Gasteiger partial charge on any atom is -0.222 e. The van der Waals surface area contributed by atoms with E-state index in [0.29, 0.717) is 41.4 Å². The molecule has 3 aromatic carbocycles. The first-order valence-corrected chi connectivity index (χ1v) is 17.4. The highest BCUT2D eigenvalue weighted by molar-refractivity contribution is 5.75. The topological polar surface area (TPSA) is 28.0 Å². The summed E-state index contributed by atoms with van der Waals surface area (Å²) in [7, 11) is 0. The molecule has 0 amide bonds. The average Bonchev–Trinajstić information content (AvgIpc) is 2.97. The molecule has 3 aromatic rings. The van der Waals surface area contributed by atoms with E-state index >= 15 is 0 Å². The van der Waals surface area contributed by atoms with Crippen LogP contribution in [-0.4, -0.2) is 0 Å². The zero-order valence-corrected chi connectivity index (χ0v) is 31.1. The molecule has 0 fully saturated rings. The Bertz CT molecular complexity index is 1420. The van der Waals surface area contributed by atoms with Gasteiger partial charge in [-0.2, -0.15) is 0 Å². The Morgan fingerprint density at radius 2 is 0.911 bits per heavy atom. The maximum atomic E-state index is 5.18. The Morgan fingerprint density at radius 1 is 0.533 bits per heavy atom. The minimum absolute atomic E-state index is 0.335. The van der Waals surface area contributed by atoms with Crippen molar-refractivity contribution in [2.75, 3.05) is 5.01 Å². The second-order valence-electron chi connectivity index (χ2n) is 15.1. The number of anilines is 1. The lowest BCUT2D eigenvalue weighted by molar-refractivity contribution is 0.796. The number of rotatable bonds is 12. The third-order valence-electron chi connectivity index (χ3n) is 9.00. The fourth-order valence-electron chi connectivity index (χ4n) is 6.29. The van der Waals surface area contributed by atoms with Gasteiger partial charge in [-0.3, -0.25) is 0 Å². The molecule has 0 atom stereocenters. The monoisotopic (exact) mass is 607 g/mol. The smallest absolute Gasteiger partial charge is 0.0943 e. The molecule has 3 heteroatoms. The molecule has 0 N–H and O–H groups in total. The highest BCUT2D eigenvalue weighted by atomic mass is 15.5. The van der Waals surface area contributed by atoms with Crippen molar-refractivity contribution >= 4 is 16.9 Å². The highest BCUT2D eigenvalue weighted by Gasteiger charge is 2.23. The Balaban J connectivity index is 2.44. The molecule has 244 valence electrons. The Morgan fingerprint density at radius 3 is 1.27 bits per heavy atom. The molecule has 0 aliphatic carbocycles. The Kier molecular flexibility index (Phi) is 12.4. The van der Waals surface area contributed by atoms with Gasteiger partial charge in [0.25, 0.3) is 0 Å². The lowest BCUT2D eigenvalue weighted by Crippen LogP contribution is -2.15. The van der Waals surface area contributed by atoms with Crippen LogP contribution in [0.25, 0.3) is 5.57 Å². The van der Waals surface area contributed by atoms with Gasteiger partial charge in [0.05, 0.1) is 11.4 Å². The fourth-order valence-corrected chi connectivity index (χ4v) is 6.29. The number of benzene rings is 3. The van der Waals surface area contributed by atoms with E-state index in [0.717, 1.165) is 11.4 Å². The summed E-state index contributed by atoms with van der Waals surface area (Å²) in [4.78, 5) is 0. The molecule has 0 saturated carbocycles. The molecule has 0 spiro atoms. The molecule has 0 aromatic heterocycles. The molecule has 0 aliphatic rings. The molecule has 0 bridgehead atoms. The number of allylic oxidation sites excluding steroid dienone is 1. The van der Waals surface area contributed by atoms with Crippen LogP contribution < -0.4 is 5.01 Å². The van der Waals surface area contributed by atoms with Gasteiger partial charge in [0, 0.05) is 6.20 Å². The van der Waals surface area contributed by atoms with Crippen molar-refractivity contribution in [3.63, 3.8) is 0 Å². The Labute approximate surface area is 276 Å². The molecular weight excluding hydrogens is 546 g/mol. The fraction of sp³-hybridized carbons (Fsp3) is 0.524. The van der Waals surface area contributed by atoms with Gasteiger partial charge in [0.2, 0.25) is 0 Å². The zero-order valence-electron chi connectivity index (χ0n) is 31.1. The maximum absolute atomic E-state index is 5.18. The van der Waals surface area contributed by atoms with Gasteiger partial charge in [0.1, 0.15) is 0 Å². The number of hydrogen-bond donors (Lipinski definition) is 0. The van der Waals surface area contributed by atoms with Crippen LogP contribution in [0.15, 0.2) is 65.1 Å². The predicted octanol–water partition coefficient (Wildman–Crippen LogP) is 14.1. The van der Waals surface area contributed by atoms with E-state index in [2.05, 4.69) is 164 Å². The van der Waals surface area contributed by atoms with Crippen LogP contribution in [0.3, 0.4) is 0 Å². The number of nitrogens with zero attached hydrogens (tertiary/aromatic N) is 3. The molecule has 0 saturated heterocycles. The van der Waals surface area contributed by atoms with Crippen molar-refractivity contribution in [2.45, 2.75) is 145 Å². The summed E-state index contributed by atoms with van der Waals surface area (Å²) in [5.74, 6) is 2.64. The summed E-state index contributed by atoms with van der Waals surface area (Å²) in [5.41, 5.74) is 14.0. The summed E-state index contributed by atoms with van der Waals surface area (Å²) in [5, 5.41) is 12.4. The summed E-state index contributed by atoms with van der Waals surface area (Å²) in [6.45, 7) is 34.2. The zero-order chi connectivity index (χ0) is 33.7. The minimum atomic E-state index is 0.335. The normalized spacial score (nSPS) is 12.9. The quantitative estimate of drug-likeness (QED) is 0.149. The lowest BCUT2D eigenvalue weighted by Gasteiger charge is -2.27. The van der Waals surface area contributed by atoms with Gasteiger partial charge in [-0.1, -0.05) is 151 Å². The maximum Gasteiger partial charge on any atom is 0.0943 e. The van der Waals surface area contributed by atoms with Crippen LogP contribution >= 0.6 is 0 Å². The van der Waals surface area contributed by atoms with Crippen molar-refractivity contribution in [1.82, 2.24) is 0 Å². The van der Waals surface area contributed by atoms with E-state index in [-0.39, 0.29) is 0 Å². The predicted molar refractivity (Wildman–Crippen MR) is 199 cm³/mol. The van der Waals surface area contributed by atoms with Crippen molar-refractivity contribution in [3.05, 3.63) is 99.2 Å². The van der Waals surface area contributed by atoms with Crippen molar-refractivity contribution < 1.29 is 0 Å². The second-order valence-corrected chi connectivity index (χ2v) is 15.1. The molecular formula is C42H61N3. The number of hydrogen-bond acceptors (Lipinski definition) is 2. The molecule has 0 unspecified atom stereocenters. The number of para-hydroxylation sites is 1. The average molecular weight is 608 g/mol. The first-order valence-electron chi connectivity index (χ1n) is 17.4. The lowest BCUT2D eigenvalue weighted by atomic mass is 9.82. The SMILES string of the molecule is C/C(=C\N(N=Nc1c(C(C)C)cccc1C(C)C)c1c(C(C)C)cccc1C(C)C)c1c(C(C)C)cc(C(C)C)cc1C(C)C. The largest absolute Gasteiger partial charge is 0.222 e. The summed E-state index contributed by atoms with van der Waals surface area (Å²) in [6.07, 6.45) is 2.26. The van der Waals surface area contributed by atoms with Gasteiger partial charge in [-0.05, 0) is 98.4 Å². The first-order chi connectivity index (χ1) is 21.1. The first kappa shape index (κ1) is 36.3. The third-order valence-corrected chi connectivity index (χ3v) is 9.00. The summed E-state index contributed by atoms with van der Waals surface area (Å²) < 4.78 is 0. The van der Waals surface area contributed by atoms with E-state index in [1.165, 1.54) is 50.1 Å². The second kappa shape index (κ2) is 15.4. The summed E-state index contributed by atoms with van der Waals surface area (Å²) >= 11 is 0. The standard InChI is InChI=1S/C42H61N3/c1-25(2)33-22-38(30(11)12)40(39(23-33)31(13)14)32(15)24-45(42-36(28(7)8)20-17-21-37(42)29(9)10)44-43-41-34(26(3)4)18-16-19-35(41)27(5)6/h16-31H,1-15H3/b32-24+,44-43?. The van der Waals surface area contributed by atoms with E-state index in [1.54, 1.807) is 0 Å². The highest BCUT2D eigenvalue weighted by Crippen LogP contribution is 2.41. The van der Waals surface area contributed by atoms with Crippen LogP contribution in [0.2, 0.25) is 0 Å². The Hall–Kier alpha value is -3.20. The molecule has 45 heavy (non-hydrogen) atoms. The van der Waals surface area contributed by atoms with Gasteiger partial charge in [-0.15, -0.1) is 5.11 Å². The molecule has 3 rings (SSSR count). The van der Waals surface area contributed by atoms with Crippen LogP contribution in [0, 0.1) is 0 Å². The van der Waals surface area contributed by atoms with Crippen molar-refractivity contribution in [3.8, 4) is 0 Å². The van der Waals surface area contributed by atoms with Crippen LogP contribution in [0.4, 0.5) is 11.4 Å². The van der Waals surface area contributed by atoms with E-state index in [4.69, 9.17) is 10.3 Å². The molecule has 0 heterocycles. The van der Waals surface area contributed by atoms with Gasteiger partial charge >= 0.3 is 0 Å². The third kappa shape index (κ3) is 8.34. The van der Waals surface area contributed by atoms with Gasteiger partial charge in [0.15, 0.2) is 0 Å². The van der Waals surface area contributed by atoms with Gasteiger partial charge in [-0.25, -0.2) is 5.01 Å².